The average molecular weight is 1010 g/mol. The van der Waals surface area contributed by atoms with Crippen LogP contribution in [-0.2, 0) is 10.8 Å². The second-order valence-corrected chi connectivity index (χ2v) is 22.0. The Labute approximate surface area is 456 Å². The number of anilines is 3. The number of nitrogens with zero attached hydrogens (tertiary/aromatic N) is 1. The normalized spacial score (nSPS) is 14.1. The van der Waals surface area contributed by atoms with Crippen molar-refractivity contribution in [3.63, 3.8) is 0 Å². The van der Waals surface area contributed by atoms with Gasteiger partial charge in [-0.25, -0.2) is 0 Å². The van der Waals surface area contributed by atoms with Crippen LogP contribution >= 0.6 is 11.3 Å². The lowest BCUT2D eigenvalue weighted by atomic mass is 9.66. The molecule has 3 heterocycles. The van der Waals surface area contributed by atoms with E-state index in [1.807, 2.05) is 11.3 Å². The number of hydrogen-bond donors (Lipinski definition) is 0. The fraction of sp³-hybridized carbons (Fsp3) is 0.0270. The van der Waals surface area contributed by atoms with Gasteiger partial charge in [-0.05, 0) is 128 Å². The van der Waals surface area contributed by atoms with E-state index in [1.54, 1.807) is 0 Å². The first-order chi connectivity index (χ1) is 38.7. The summed E-state index contributed by atoms with van der Waals surface area (Å²) >= 11 is 1.86. The summed E-state index contributed by atoms with van der Waals surface area (Å²) in [6.07, 6.45) is 0. The quantitative estimate of drug-likeness (QED) is 0.171. The first-order valence-electron chi connectivity index (χ1n) is 26.8. The second kappa shape index (κ2) is 16.4. The summed E-state index contributed by atoms with van der Waals surface area (Å²) in [7, 11) is 0. The summed E-state index contributed by atoms with van der Waals surface area (Å²) in [6, 6.07) is 101. The maximum Gasteiger partial charge on any atom is 0.132 e. The summed E-state index contributed by atoms with van der Waals surface area (Å²) in [6.45, 7) is 0. The molecule has 17 rings (SSSR count). The number of rotatable bonds is 5. The maximum absolute atomic E-state index is 6.78. The average Bonchev–Trinajstić information content (AvgIpc) is 4.30. The molecule has 2 aliphatic heterocycles. The predicted octanol–water partition coefficient (Wildman–Crippen LogP) is 19.8. The fourth-order valence-corrected chi connectivity index (χ4v) is 15.2. The highest BCUT2D eigenvalue weighted by atomic mass is 32.1. The van der Waals surface area contributed by atoms with Gasteiger partial charge >= 0.3 is 0 Å². The van der Waals surface area contributed by atoms with Crippen molar-refractivity contribution >= 4 is 48.6 Å². The molecular weight excluding hydrogens is 967 g/mol. The van der Waals surface area contributed by atoms with Crippen LogP contribution in [-0.4, -0.2) is 0 Å². The molecule has 2 aliphatic carbocycles. The molecule has 0 unspecified atom stereocenters. The number of hydrogen-bond acceptors (Lipinski definition) is 4. The van der Waals surface area contributed by atoms with Crippen molar-refractivity contribution in [2.45, 2.75) is 10.8 Å². The Morgan fingerprint density at radius 1 is 0.282 bits per heavy atom. The first-order valence-corrected chi connectivity index (χ1v) is 27.6. The molecule has 0 bridgehead atoms. The third-order valence-electron chi connectivity index (χ3n) is 17.2. The molecule has 3 nitrogen and oxygen atoms in total. The van der Waals surface area contributed by atoms with Crippen molar-refractivity contribution in [3.05, 3.63) is 317 Å². The highest BCUT2D eigenvalue weighted by molar-refractivity contribution is 7.25. The Kier molecular flexibility index (Phi) is 9.14. The SMILES string of the molecule is c1ccc2c(c1)Oc1ccccc1C21c2ccccc2-c2ccc(-c3ccccc3N(c3ccc(-c4ccc5sc6ccccc6c5c4)cc3)c3cccc4c3-c3ccccc3C43c4ccccc4Oc4ccccc43)cc21. The van der Waals surface area contributed by atoms with Crippen molar-refractivity contribution in [1.82, 2.24) is 0 Å². The van der Waals surface area contributed by atoms with Crippen LogP contribution in [0.2, 0.25) is 0 Å². The maximum atomic E-state index is 6.78. The number of thiophene rings is 1. The fourth-order valence-electron chi connectivity index (χ4n) is 14.1. The Hall–Kier alpha value is -9.74. The van der Waals surface area contributed by atoms with Gasteiger partial charge in [0.1, 0.15) is 23.0 Å². The molecule has 0 atom stereocenters. The Morgan fingerprint density at radius 2 is 0.744 bits per heavy atom. The van der Waals surface area contributed by atoms with Crippen LogP contribution in [0.15, 0.2) is 273 Å². The Bertz CT molecular complexity index is 4570. The van der Waals surface area contributed by atoms with Gasteiger partial charge in [0.15, 0.2) is 0 Å². The van der Waals surface area contributed by atoms with Crippen molar-refractivity contribution in [2.24, 2.45) is 0 Å². The Morgan fingerprint density at radius 3 is 1.41 bits per heavy atom. The number of benzene rings is 12. The van der Waals surface area contributed by atoms with Crippen molar-refractivity contribution in [1.29, 1.82) is 0 Å². The molecule has 0 radical (unpaired) electrons. The summed E-state index contributed by atoms with van der Waals surface area (Å²) in [5, 5.41) is 2.60. The van der Waals surface area contributed by atoms with Crippen LogP contribution < -0.4 is 14.4 Å². The minimum Gasteiger partial charge on any atom is -0.457 e. The molecule has 12 aromatic carbocycles. The van der Waals surface area contributed by atoms with E-state index < -0.39 is 10.8 Å². The van der Waals surface area contributed by atoms with Gasteiger partial charge in [-0.15, -0.1) is 11.3 Å². The lowest BCUT2D eigenvalue weighted by Crippen LogP contribution is -2.32. The monoisotopic (exact) mass is 1010 g/mol. The molecule has 1 aromatic heterocycles. The number of para-hydroxylation sites is 5. The van der Waals surface area contributed by atoms with Crippen molar-refractivity contribution in [3.8, 4) is 67.5 Å². The molecule has 0 N–H and O–H groups in total. The lowest BCUT2D eigenvalue weighted by molar-refractivity contribution is 0.436. The molecule has 0 amide bonds. The first kappa shape index (κ1) is 43.5. The van der Waals surface area contributed by atoms with E-state index in [2.05, 4.69) is 278 Å². The third-order valence-corrected chi connectivity index (χ3v) is 18.4. The van der Waals surface area contributed by atoms with E-state index in [9.17, 15) is 0 Å². The molecular formula is C74H45NO2S. The predicted molar refractivity (Wildman–Crippen MR) is 320 cm³/mol. The number of fused-ring (bicyclic) bond motifs is 21. The van der Waals surface area contributed by atoms with Crippen LogP contribution in [0.4, 0.5) is 17.1 Å². The van der Waals surface area contributed by atoms with Gasteiger partial charge in [0.25, 0.3) is 0 Å². The minimum absolute atomic E-state index is 0.606. The van der Waals surface area contributed by atoms with Gasteiger partial charge in [-0.1, -0.05) is 200 Å². The van der Waals surface area contributed by atoms with E-state index in [0.29, 0.717) is 0 Å². The van der Waals surface area contributed by atoms with Crippen LogP contribution in [0, 0.1) is 0 Å². The number of ether oxygens (including phenoxy) is 2. The molecule has 4 heteroatoms. The highest BCUT2D eigenvalue weighted by Crippen LogP contribution is 2.66. The largest absolute Gasteiger partial charge is 0.457 e. The van der Waals surface area contributed by atoms with Crippen molar-refractivity contribution in [2.75, 3.05) is 4.90 Å². The highest BCUT2D eigenvalue weighted by Gasteiger charge is 2.53. The molecule has 4 aliphatic rings. The van der Waals surface area contributed by atoms with Crippen LogP contribution in [0.1, 0.15) is 44.5 Å². The molecule has 78 heavy (non-hydrogen) atoms. The molecule has 0 saturated heterocycles. The van der Waals surface area contributed by atoms with Crippen LogP contribution in [0.5, 0.6) is 23.0 Å². The van der Waals surface area contributed by atoms with Gasteiger partial charge < -0.3 is 14.4 Å². The van der Waals surface area contributed by atoms with Gasteiger partial charge in [0.05, 0.1) is 22.2 Å². The summed E-state index contributed by atoms with van der Waals surface area (Å²) in [5.41, 5.74) is 21.1. The van der Waals surface area contributed by atoms with E-state index in [0.717, 1.165) is 73.4 Å². The molecule has 13 aromatic rings. The minimum atomic E-state index is -0.632. The van der Waals surface area contributed by atoms with Gasteiger partial charge in [0.2, 0.25) is 0 Å². The van der Waals surface area contributed by atoms with E-state index in [4.69, 9.17) is 9.47 Å². The second-order valence-electron chi connectivity index (χ2n) is 20.9. The lowest BCUT2D eigenvalue weighted by Gasteiger charge is -2.39. The van der Waals surface area contributed by atoms with Crippen LogP contribution in [0.25, 0.3) is 64.7 Å². The summed E-state index contributed by atoms with van der Waals surface area (Å²) in [5.74, 6) is 3.52. The van der Waals surface area contributed by atoms with Gasteiger partial charge in [-0.2, -0.15) is 0 Å². The van der Waals surface area contributed by atoms with E-state index in [1.165, 1.54) is 75.8 Å². The molecule has 0 saturated carbocycles. The van der Waals surface area contributed by atoms with E-state index >= 15 is 0 Å². The van der Waals surface area contributed by atoms with Crippen LogP contribution in [0.3, 0.4) is 0 Å². The Balaban J connectivity index is 0.910. The summed E-state index contributed by atoms with van der Waals surface area (Å²) in [4.78, 5) is 2.53. The van der Waals surface area contributed by atoms with E-state index in [-0.39, 0.29) is 0 Å². The molecule has 364 valence electrons. The summed E-state index contributed by atoms with van der Waals surface area (Å²) < 4.78 is 16.1. The van der Waals surface area contributed by atoms with Gasteiger partial charge in [0, 0.05) is 59.2 Å². The zero-order chi connectivity index (χ0) is 51.1. The molecule has 2 spiro atoms. The zero-order valence-electron chi connectivity index (χ0n) is 42.2. The smallest absolute Gasteiger partial charge is 0.132 e. The zero-order valence-corrected chi connectivity index (χ0v) is 43.0. The van der Waals surface area contributed by atoms with Crippen molar-refractivity contribution < 1.29 is 9.47 Å². The standard InChI is InChI=1S/C74H45NO2S/c1-5-22-56-51(19-1)52-42-38-48(45-63(52)74(56)60-26-9-14-33-68(60)77-69-34-15-10-27-61(69)74)50-18-3-11-29-64(50)75(49-40-36-46(37-41-49)47-39-43-71-55(44-47)53-20-4-16-35-70(53)78-71)65-30-17-28-62-72(65)54-21-2-6-23-57(54)73(62)58-24-7-12-31-66(58)76-67-32-13-8-25-59(67)73/h1-45H. The molecule has 0 fully saturated rings. The topological polar surface area (TPSA) is 21.7 Å². The van der Waals surface area contributed by atoms with Gasteiger partial charge in [-0.3, -0.25) is 0 Å². The third kappa shape index (κ3) is 5.82.